The van der Waals surface area contributed by atoms with Crippen LogP contribution in [-0.2, 0) is 9.53 Å². The molecule has 1 N–H and O–H groups in total. The predicted octanol–water partition coefficient (Wildman–Crippen LogP) is 3.39. The second kappa shape index (κ2) is 7.57. The van der Waals surface area contributed by atoms with Gasteiger partial charge in [-0.25, -0.2) is 4.98 Å². The maximum absolute atomic E-state index is 11.6. The van der Waals surface area contributed by atoms with Gasteiger partial charge in [-0.2, -0.15) is 0 Å². The minimum atomic E-state index is -0.156. The predicted molar refractivity (Wildman–Crippen MR) is 94.1 cm³/mol. The fourth-order valence-electron chi connectivity index (χ4n) is 2.71. The Balaban J connectivity index is 1.74. The molecule has 0 radical (unpaired) electrons. The van der Waals surface area contributed by atoms with E-state index in [-0.39, 0.29) is 12.5 Å². The van der Waals surface area contributed by atoms with E-state index in [1.807, 2.05) is 24.3 Å². The summed E-state index contributed by atoms with van der Waals surface area (Å²) in [6.07, 6.45) is 3.81. The lowest BCUT2D eigenvalue weighted by molar-refractivity contribution is -0.119. The first-order chi connectivity index (χ1) is 11.3. The Morgan fingerprint density at radius 1 is 1.35 bits per heavy atom. The summed E-state index contributed by atoms with van der Waals surface area (Å²) in [7, 11) is 1.51. The highest BCUT2D eigenvalue weighted by Gasteiger charge is 2.15. The Labute approximate surface area is 140 Å². The van der Waals surface area contributed by atoms with Gasteiger partial charge in [-0.15, -0.1) is 11.3 Å². The zero-order valence-electron chi connectivity index (χ0n) is 13.2. The highest BCUT2D eigenvalue weighted by molar-refractivity contribution is 7.14. The number of ether oxygens (including phenoxy) is 1. The lowest BCUT2D eigenvalue weighted by atomic mass is 10.1. The Bertz CT molecular complexity index is 665. The van der Waals surface area contributed by atoms with E-state index in [4.69, 9.17) is 9.72 Å². The number of anilines is 2. The number of benzene rings is 1. The van der Waals surface area contributed by atoms with E-state index in [9.17, 15) is 4.79 Å². The van der Waals surface area contributed by atoms with Crippen LogP contribution < -0.4 is 10.2 Å². The molecule has 0 spiro atoms. The van der Waals surface area contributed by atoms with Crippen LogP contribution in [0.25, 0.3) is 11.3 Å². The van der Waals surface area contributed by atoms with Crippen LogP contribution in [0.2, 0.25) is 0 Å². The first-order valence-corrected chi connectivity index (χ1v) is 8.74. The molecule has 1 aliphatic heterocycles. The number of piperidine rings is 1. The Hall–Kier alpha value is -1.92. The Kier molecular flexibility index (Phi) is 5.25. The van der Waals surface area contributed by atoms with Crippen LogP contribution in [-0.4, -0.2) is 37.7 Å². The number of hydrogen-bond donors (Lipinski definition) is 1. The molecule has 0 saturated carbocycles. The van der Waals surface area contributed by atoms with Gasteiger partial charge in [0, 0.05) is 36.8 Å². The number of methoxy groups -OCH3 is 1. The minimum Gasteiger partial charge on any atom is -0.375 e. The number of carbonyl (C=O) groups is 1. The van der Waals surface area contributed by atoms with Crippen LogP contribution in [0, 0.1) is 0 Å². The summed E-state index contributed by atoms with van der Waals surface area (Å²) in [5, 5.41) is 6.00. The summed E-state index contributed by atoms with van der Waals surface area (Å²) in [4.78, 5) is 18.7. The van der Waals surface area contributed by atoms with Crippen LogP contribution >= 0.6 is 11.3 Å². The number of aromatic nitrogens is 1. The quantitative estimate of drug-likeness (QED) is 0.912. The molecule has 3 rings (SSSR count). The number of nitrogens with one attached hydrogen (secondary N) is 1. The van der Waals surface area contributed by atoms with Crippen LogP contribution in [0.3, 0.4) is 0 Å². The van der Waals surface area contributed by atoms with Gasteiger partial charge >= 0.3 is 0 Å². The monoisotopic (exact) mass is 331 g/mol. The van der Waals surface area contributed by atoms with Crippen molar-refractivity contribution in [2.75, 3.05) is 37.0 Å². The van der Waals surface area contributed by atoms with Gasteiger partial charge < -0.3 is 15.0 Å². The van der Waals surface area contributed by atoms with Crippen LogP contribution in [0.15, 0.2) is 29.6 Å². The first kappa shape index (κ1) is 16.0. The maximum Gasteiger partial charge on any atom is 0.250 e. The third kappa shape index (κ3) is 4.09. The van der Waals surface area contributed by atoms with E-state index < -0.39 is 0 Å². The normalized spacial score (nSPS) is 14.7. The molecule has 1 fully saturated rings. The summed E-state index contributed by atoms with van der Waals surface area (Å²) in [5.74, 6) is -0.156. The zero-order chi connectivity index (χ0) is 16.1. The van der Waals surface area contributed by atoms with Crippen molar-refractivity contribution in [2.45, 2.75) is 19.3 Å². The molecular formula is C17H21N3O2S. The topological polar surface area (TPSA) is 54.5 Å². The molecule has 122 valence electrons. The Morgan fingerprint density at radius 3 is 2.96 bits per heavy atom. The molecule has 1 amide bonds. The number of carbonyl (C=O) groups excluding carboxylic acids is 1. The van der Waals surface area contributed by atoms with Gasteiger partial charge in [-0.3, -0.25) is 4.79 Å². The number of amides is 1. The van der Waals surface area contributed by atoms with E-state index >= 15 is 0 Å². The van der Waals surface area contributed by atoms with Gasteiger partial charge in [0.25, 0.3) is 0 Å². The lowest BCUT2D eigenvalue weighted by Gasteiger charge is -2.25. The molecule has 1 saturated heterocycles. The molecule has 0 aliphatic carbocycles. The van der Waals surface area contributed by atoms with E-state index in [1.54, 1.807) is 11.3 Å². The molecule has 2 heterocycles. The van der Waals surface area contributed by atoms with Crippen LogP contribution in [0.5, 0.6) is 0 Å². The van der Waals surface area contributed by atoms with Gasteiger partial charge in [0.1, 0.15) is 6.61 Å². The largest absolute Gasteiger partial charge is 0.375 e. The molecule has 0 unspecified atom stereocenters. The van der Waals surface area contributed by atoms with Crippen LogP contribution in [0.4, 0.5) is 10.8 Å². The van der Waals surface area contributed by atoms with Crippen LogP contribution in [0.1, 0.15) is 19.3 Å². The van der Waals surface area contributed by atoms with Crippen molar-refractivity contribution in [3.05, 3.63) is 29.6 Å². The maximum atomic E-state index is 11.6. The molecular weight excluding hydrogens is 310 g/mol. The van der Waals surface area contributed by atoms with Crippen molar-refractivity contribution in [1.82, 2.24) is 4.98 Å². The molecule has 23 heavy (non-hydrogen) atoms. The molecule has 6 heteroatoms. The van der Waals surface area contributed by atoms with Gasteiger partial charge in [-0.05, 0) is 31.4 Å². The number of hydrogen-bond acceptors (Lipinski definition) is 5. The van der Waals surface area contributed by atoms with Crippen molar-refractivity contribution in [3.8, 4) is 11.3 Å². The fourth-order valence-corrected chi connectivity index (χ4v) is 3.60. The molecule has 5 nitrogen and oxygen atoms in total. The summed E-state index contributed by atoms with van der Waals surface area (Å²) in [6.45, 7) is 2.25. The number of rotatable bonds is 5. The number of nitrogens with zero attached hydrogens (tertiary/aromatic N) is 2. The second-order valence-electron chi connectivity index (χ2n) is 5.63. The Morgan fingerprint density at radius 2 is 2.17 bits per heavy atom. The highest BCUT2D eigenvalue weighted by atomic mass is 32.1. The molecule has 1 aromatic carbocycles. The van der Waals surface area contributed by atoms with E-state index in [0.717, 1.165) is 35.2 Å². The molecule has 2 aromatic rings. The summed E-state index contributed by atoms with van der Waals surface area (Å²) in [6, 6.07) is 7.76. The van der Waals surface area contributed by atoms with Gasteiger partial charge in [0.15, 0.2) is 5.13 Å². The second-order valence-corrected chi connectivity index (χ2v) is 6.46. The van der Waals surface area contributed by atoms with Crippen molar-refractivity contribution in [2.24, 2.45) is 0 Å². The first-order valence-electron chi connectivity index (χ1n) is 7.86. The summed E-state index contributed by atoms with van der Waals surface area (Å²) < 4.78 is 4.83. The fraction of sp³-hybridized carbons (Fsp3) is 0.412. The van der Waals surface area contributed by atoms with E-state index in [2.05, 4.69) is 15.6 Å². The zero-order valence-corrected chi connectivity index (χ0v) is 14.1. The van der Waals surface area contributed by atoms with Crippen molar-refractivity contribution < 1.29 is 9.53 Å². The standard InChI is InChI=1S/C17H21N3O2S/c1-22-11-16(21)18-14-7-5-6-13(10-14)15-12-23-17(19-15)20-8-3-2-4-9-20/h5-7,10,12H,2-4,8-9,11H2,1H3,(H,18,21). The van der Waals surface area contributed by atoms with Gasteiger partial charge in [0.05, 0.1) is 5.69 Å². The SMILES string of the molecule is COCC(=O)Nc1cccc(-c2csc(N3CCCCC3)n2)c1. The lowest BCUT2D eigenvalue weighted by Crippen LogP contribution is -2.29. The van der Waals surface area contributed by atoms with Crippen molar-refractivity contribution >= 4 is 28.1 Å². The van der Waals surface area contributed by atoms with Crippen molar-refractivity contribution in [3.63, 3.8) is 0 Å². The number of thiazole rings is 1. The smallest absolute Gasteiger partial charge is 0.250 e. The van der Waals surface area contributed by atoms with Crippen molar-refractivity contribution in [1.29, 1.82) is 0 Å². The molecule has 0 atom stereocenters. The van der Waals surface area contributed by atoms with Gasteiger partial charge in [0.2, 0.25) is 5.91 Å². The summed E-state index contributed by atoms with van der Waals surface area (Å²) >= 11 is 1.69. The molecule has 1 aliphatic rings. The average molecular weight is 331 g/mol. The summed E-state index contributed by atoms with van der Waals surface area (Å²) in [5.41, 5.74) is 2.73. The third-order valence-corrected chi connectivity index (χ3v) is 4.74. The minimum absolute atomic E-state index is 0.0556. The van der Waals surface area contributed by atoms with E-state index in [0.29, 0.717) is 0 Å². The molecule has 0 bridgehead atoms. The van der Waals surface area contributed by atoms with E-state index in [1.165, 1.54) is 26.4 Å². The highest BCUT2D eigenvalue weighted by Crippen LogP contribution is 2.30. The average Bonchev–Trinajstić information content (AvgIpc) is 3.06. The van der Waals surface area contributed by atoms with Gasteiger partial charge in [-0.1, -0.05) is 12.1 Å². The molecule has 1 aromatic heterocycles. The third-order valence-electron chi connectivity index (χ3n) is 3.84.